The van der Waals surface area contributed by atoms with Crippen LogP contribution in [0.2, 0.25) is 0 Å². The highest BCUT2D eigenvalue weighted by molar-refractivity contribution is 5.90. The Morgan fingerprint density at radius 3 is 2.42 bits per heavy atom. The van der Waals surface area contributed by atoms with Gasteiger partial charge in [0.15, 0.2) is 0 Å². The van der Waals surface area contributed by atoms with Gasteiger partial charge in [-0.3, -0.25) is 4.79 Å². The zero-order valence-electron chi connectivity index (χ0n) is 13.9. The molecule has 0 unspecified atom stereocenters. The van der Waals surface area contributed by atoms with Gasteiger partial charge in [0, 0.05) is 23.1 Å². The molecule has 0 radical (unpaired) electrons. The van der Waals surface area contributed by atoms with Gasteiger partial charge >= 0.3 is 12.1 Å². The van der Waals surface area contributed by atoms with Crippen LogP contribution in [0.5, 0.6) is 5.75 Å². The minimum absolute atomic E-state index is 0.0335. The number of halogens is 3. The Balaban J connectivity index is 2.68. The second-order valence-electron chi connectivity index (χ2n) is 5.67. The van der Waals surface area contributed by atoms with E-state index in [1.807, 2.05) is 19.0 Å². The van der Waals surface area contributed by atoms with Crippen molar-refractivity contribution in [1.29, 1.82) is 0 Å². The van der Waals surface area contributed by atoms with Crippen molar-refractivity contribution in [3.63, 3.8) is 0 Å². The Kier molecular flexibility index (Phi) is 5.08. The average molecular weight is 344 g/mol. The predicted octanol–water partition coefficient (Wildman–Crippen LogP) is 2.97. The first-order valence-electron chi connectivity index (χ1n) is 7.17. The Hall–Kier alpha value is -2.22. The van der Waals surface area contributed by atoms with Gasteiger partial charge in [0.1, 0.15) is 5.75 Å². The van der Waals surface area contributed by atoms with Crippen LogP contribution in [0.25, 0.3) is 10.9 Å². The number of methoxy groups -OCH3 is 2. The van der Waals surface area contributed by atoms with Crippen LogP contribution in [0.4, 0.5) is 13.2 Å². The van der Waals surface area contributed by atoms with Crippen molar-refractivity contribution in [3.8, 4) is 5.75 Å². The first-order valence-corrected chi connectivity index (χ1v) is 7.17. The van der Waals surface area contributed by atoms with Crippen LogP contribution in [-0.4, -0.2) is 44.2 Å². The molecule has 0 amide bonds. The van der Waals surface area contributed by atoms with Crippen molar-refractivity contribution in [2.24, 2.45) is 0 Å². The number of H-pyrrole nitrogens is 1. The maximum Gasteiger partial charge on any atom is 0.420 e. The molecule has 1 aromatic carbocycles. The lowest BCUT2D eigenvalue weighted by Crippen LogP contribution is -2.14. The third kappa shape index (κ3) is 3.64. The number of aromatic nitrogens is 1. The van der Waals surface area contributed by atoms with Gasteiger partial charge in [0.2, 0.25) is 0 Å². The molecule has 1 N–H and O–H groups in total. The second kappa shape index (κ2) is 6.72. The van der Waals surface area contributed by atoms with Crippen molar-refractivity contribution in [1.82, 2.24) is 9.88 Å². The number of aromatic amines is 1. The third-order valence-electron chi connectivity index (χ3n) is 3.64. The molecule has 2 aromatic rings. The summed E-state index contributed by atoms with van der Waals surface area (Å²) in [6, 6.07) is 2.32. The molecule has 0 atom stereocenters. The summed E-state index contributed by atoms with van der Waals surface area (Å²) in [4.78, 5) is 16.5. The van der Waals surface area contributed by atoms with E-state index in [-0.39, 0.29) is 12.2 Å². The van der Waals surface area contributed by atoms with E-state index in [9.17, 15) is 18.0 Å². The molecule has 0 aliphatic rings. The van der Waals surface area contributed by atoms with Gasteiger partial charge in [-0.1, -0.05) is 0 Å². The summed E-state index contributed by atoms with van der Waals surface area (Å²) in [5, 5.41) is 0.516. The van der Waals surface area contributed by atoms with Crippen molar-refractivity contribution < 1.29 is 27.4 Å². The number of carbonyl (C=O) groups excluding carboxylic acids is 1. The summed E-state index contributed by atoms with van der Waals surface area (Å²) in [6.45, 7) is 0.449. The highest BCUT2D eigenvalue weighted by Gasteiger charge is 2.35. The fourth-order valence-corrected chi connectivity index (χ4v) is 2.59. The van der Waals surface area contributed by atoms with Gasteiger partial charge in [0.25, 0.3) is 0 Å². The molecular formula is C16H19F3N2O3. The number of nitrogens with zero attached hydrogens (tertiary/aromatic N) is 1. The number of alkyl halides is 3. The minimum Gasteiger partial charge on any atom is -0.496 e. The maximum atomic E-state index is 13.2. The standard InChI is InChI=1S/C16H19F3N2O3/c1-21(2)8-13-10(6-15(22)24-4)9-5-14(23-3)11(16(17,18)19)7-12(9)20-13/h5,7,20H,6,8H2,1-4H3. The number of carbonyl (C=O) groups is 1. The highest BCUT2D eigenvalue weighted by Crippen LogP contribution is 2.40. The van der Waals surface area contributed by atoms with Gasteiger partial charge in [-0.25, -0.2) is 0 Å². The summed E-state index contributed by atoms with van der Waals surface area (Å²) in [6.07, 6.45) is -4.57. The Labute approximate surface area is 137 Å². The van der Waals surface area contributed by atoms with E-state index in [1.165, 1.54) is 20.3 Å². The van der Waals surface area contributed by atoms with Crippen molar-refractivity contribution >= 4 is 16.9 Å². The predicted molar refractivity (Wildman–Crippen MR) is 83.0 cm³/mol. The van der Waals surface area contributed by atoms with E-state index in [2.05, 4.69) is 9.72 Å². The van der Waals surface area contributed by atoms with Crippen molar-refractivity contribution in [2.75, 3.05) is 28.3 Å². The fourth-order valence-electron chi connectivity index (χ4n) is 2.59. The molecule has 24 heavy (non-hydrogen) atoms. The molecule has 0 aliphatic carbocycles. The van der Waals surface area contributed by atoms with Gasteiger partial charge in [0.05, 0.1) is 26.2 Å². The molecule has 1 aromatic heterocycles. The van der Waals surface area contributed by atoms with E-state index < -0.39 is 17.7 Å². The molecule has 2 rings (SSSR count). The lowest BCUT2D eigenvalue weighted by Gasteiger charge is -2.12. The number of benzene rings is 1. The second-order valence-corrected chi connectivity index (χ2v) is 5.67. The summed E-state index contributed by atoms with van der Waals surface area (Å²) >= 11 is 0. The molecule has 0 aliphatic heterocycles. The zero-order chi connectivity index (χ0) is 18.1. The Morgan fingerprint density at radius 2 is 1.92 bits per heavy atom. The van der Waals surface area contributed by atoms with Crippen LogP contribution >= 0.6 is 0 Å². The molecular weight excluding hydrogens is 325 g/mol. The summed E-state index contributed by atoms with van der Waals surface area (Å²) in [5.74, 6) is -0.744. The Bertz CT molecular complexity index is 751. The van der Waals surface area contributed by atoms with Gasteiger partial charge in [-0.15, -0.1) is 0 Å². The van der Waals surface area contributed by atoms with Gasteiger partial charge in [-0.05, 0) is 31.8 Å². The molecule has 0 saturated carbocycles. The molecule has 0 fully saturated rings. The van der Waals surface area contributed by atoms with E-state index >= 15 is 0 Å². The average Bonchev–Trinajstić information content (AvgIpc) is 2.81. The monoisotopic (exact) mass is 344 g/mol. The number of hydrogen-bond acceptors (Lipinski definition) is 4. The van der Waals surface area contributed by atoms with Crippen LogP contribution in [-0.2, 0) is 28.7 Å². The SMILES string of the molecule is COC(=O)Cc1c(CN(C)C)[nH]c2cc(C(F)(F)F)c(OC)cc12. The largest absolute Gasteiger partial charge is 0.496 e. The number of fused-ring (bicyclic) bond motifs is 1. The van der Waals surface area contributed by atoms with E-state index in [4.69, 9.17) is 4.74 Å². The molecule has 8 heteroatoms. The smallest absolute Gasteiger partial charge is 0.420 e. The molecule has 0 spiro atoms. The molecule has 0 saturated heterocycles. The number of nitrogens with one attached hydrogen (secondary N) is 1. The number of esters is 1. The fraction of sp³-hybridized carbons (Fsp3) is 0.438. The van der Waals surface area contributed by atoms with Crippen LogP contribution in [0.15, 0.2) is 12.1 Å². The minimum atomic E-state index is -4.53. The number of rotatable bonds is 5. The lowest BCUT2D eigenvalue weighted by atomic mass is 10.0. The van der Waals surface area contributed by atoms with E-state index in [0.29, 0.717) is 28.7 Å². The van der Waals surface area contributed by atoms with E-state index in [0.717, 1.165) is 6.07 Å². The van der Waals surface area contributed by atoms with Crippen molar-refractivity contribution in [2.45, 2.75) is 19.1 Å². The van der Waals surface area contributed by atoms with E-state index in [1.54, 1.807) is 0 Å². The summed E-state index contributed by atoms with van der Waals surface area (Å²) in [5.41, 5.74) is 0.720. The number of hydrogen-bond donors (Lipinski definition) is 1. The molecule has 1 heterocycles. The third-order valence-corrected chi connectivity index (χ3v) is 3.64. The van der Waals surface area contributed by atoms with Crippen LogP contribution in [0.3, 0.4) is 0 Å². The highest BCUT2D eigenvalue weighted by atomic mass is 19.4. The zero-order valence-corrected chi connectivity index (χ0v) is 13.9. The summed E-state index contributed by atoms with van der Waals surface area (Å²) < 4.78 is 49.1. The van der Waals surface area contributed by atoms with Gasteiger partial charge < -0.3 is 19.4 Å². The molecule has 5 nitrogen and oxygen atoms in total. The number of ether oxygens (including phenoxy) is 2. The van der Waals surface area contributed by atoms with Crippen molar-refractivity contribution in [3.05, 3.63) is 29.0 Å². The first-order chi connectivity index (χ1) is 11.2. The van der Waals surface area contributed by atoms with Crippen LogP contribution in [0.1, 0.15) is 16.8 Å². The molecule has 0 bridgehead atoms. The summed E-state index contributed by atoms with van der Waals surface area (Å²) in [7, 11) is 6.11. The normalized spacial score (nSPS) is 12.0. The Morgan fingerprint density at radius 1 is 1.25 bits per heavy atom. The molecule has 132 valence electrons. The van der Waals surface area contributed by atoms with Gasteiger partial charge in [-0.2, -0.15) is 13.2 Å². The maximum absolute atomic E-state index is 13.2. The van der Waals surface area contributed by atoms with Crippen LogP contribution in [0, 0.1) is 0 Å². The lowest BCUT2D eigenvalue weighted by molar-refractivity contribution is -0.140. The topological polar surface area (TPSA) is 54.6 Å². The van der Waals surface area contributed by atoms with Crippen LogP contribution < -0.4 is 4.74 Å². The first kappa shape index (κ1) is 18.1. The quantitative estimate of drug-likeness (QED) is 0.848.